The summed E-state index contributed by atoms with van der Waals surface area (Å²) < 4.78 is 16.0. The number of nitrogens with one attached hydrogen (secondary N) is 1. The minimum absolute atomic E-state index is 0.116. The number of nitrogens with zero attached hydrogens (tertiary/aromatic N) is 4. The van der Waals surface area contributed by atoms with E-state index in [-0.39, 0.29) is 35.9 Å². The first kappa shape index (κ1) is 34.3. The summed E-state index contributed by atoms with van der Waals surface area (Å²) in [6, 6.07) is 17.2. The van der Waals surface area contributed by atoms with Gasteiger partial charge in [0.05, 0.1) is 5.69 Å². The number of benzene rings is 3. The molecule has 3 amide bonds. The fraction of sp³-hybridized carbons (Fsp3) is 0.512. The van der Waals surface area contributed by atoms with Crippen LogP contribution < -0.4 is 15.1 Å². The average molecular weight is 720 g/mol. The number of rotatable bonds is 7. The summed E-state index contributed by atoms with van der Waals surface area (Å²) in [4.78, 5) is 46.0. The van der Waals surface area contributed by atoms with Gasteiger partial charge in [-0.2, -0.15) is 0 Å². The number of phenols is 1. The largest absolute Gasteiger partial charge is 0.508 e. The first-order chi connectivity index (χ1) is 25.8. The van der Waals surface area contributed by atoms with E-state index in [9.17, 15) is 19.5 Å². The molecule has 53 heavy (non-hydrogen) atoms. The lowest BCUT2D eigenvalue weighted by Gasteiger charge is -2.43. The SMILES string of the molecule is O=C1CCC(N2Cc3cc(N4CCN(CC5CCN(c6ccc([C@H]7c8ccc(O)cc8CC[C@H]7C7CCC7)cc6F)CC5)CC4)ccc3C2=O)C(=O)N1. The molecule has 2 N–H and O–H groups in total. The number of hydrogen-bond acceptors (Lipinski definition) is 7. The maximum Gasteiger partial charge on any atom is 0.255 e. The minimum Gasteiger partial charge on any atom is -0.508 e. The van der Waals surface area contributed by atoms with E-state index in [1.807, 2.05) is 30.3 Å². The van der Waals surface area contributed by atoms with Crippen LogP contribution in [-0.4, -0.2) is 84.5 Å². The van der Waals surface area contributed by atoms with E-state index in [4.69, 9.17) is 0 Å². The maximum absolute atomic E-state index is 16.0. The van der Waals surface area contributed by atoms with E-state index in [1.54, 1.807) is 11.0 Å². The molecule has 2 aliphatic carbocycles. The number of aromatic hydroxyl groups is 1. The number of hydrogen-bond donors (Lipinski definition) is 2. The van der Waals surface area contributed by atoms with Crippen molar-refractivity contribution >= 4 is 29.1 Å². The summed E-state index contributed by atoms with van der Waals surface area (Å²) in [5.41, 5.74) is 6.96. The van der Waals surface area contributed by atoms with Crippen LogP contribution in [0, 0.1) is 23.6 Å². The van der Waals surface area contributed by atoms with Crippen LogP contribution in [-0.2, 0) is 22.6 Å². The predicted molar refractivity (Wildman–Crippen MR) is 202 cm³/mol. The Labute approximate surface area is 311 Å². The highest BCUT2D eigenvalue weighted by atomic mass is 19.1. The zero-order valence-electron chi connectivity index (χ0n) is 30.4. The molecule has 3 aromatic carbocycles. The zero-order chi connectivity index (χ0) is 36.2. The van der Waals surface area contributed by atoms with Crippen molar-refractivity contribution in [2.24, 2.45) is 17.8 Å². The molecule has 0 aromatic heterocycles. The number of anilines is 2. The third-order valence-electron chi connectivity index (χ3n) is 13.4. The number of aryl methyl sites for hydroxylation is 1. The number of piperidine rings is 2. The highest BCUT2D eigenvalue weighted by molar-refractivity contribution is 6.05. The van der Waals surface area contributed by atoms with E-state index in [1.165, 1.54) is 30.4 Å². The van der Waals surface area contributed by atoms with Crippen molar-refractivity contribution in [1.82, 2.24) is 15.1 Å². The smallest absolute Gasteiger partial charge is 0.255 e. The number of carbonyl (C=O) groups excluding carboxylic acids is 3. The second-order valence-corrected chi connectivity index (χ2v) is 16.4. The molecule has 1 unspecified atom stereocenters. The van der Waals surface area contributed by atoms with Crippen molar-refractivity contribution in [3.8, 4) is 5.75 Å². The highest BCUT2D eigenvalue weighted by Crippen LogP contribution is 2.50. The van der Waals surface area contributed by atoms with Gasteiger partial charge in [0.25, 0.3) is 5.91 Å². The van der Waals surface area contributed by atoms with Gasteiger partial charge >= 0.3 is 0 Å². The van der Waals surface area contributed by atoms with Gasteiger partial charge in [-0.25, -0.2) is 4.39 Å². The molecule has 4 heterocycles. The monoisotopic (exact) mass is 719 g/mol. The van der Waals surface area contributed by atoms with Crippen LogP contribution in [0.1, 0.15) is 89.9 Å². The Morgan fingerprint density at radius 1 is 0.774 bits per heavy atom. The number of amides is 3. The van der Waals surface area contributed by atoms with E-state index in [0.717, 1.165) is 94.0 Å². The Balaban J connectivity index is 0.782. The van der Waals surface area contributed by atoms with Crippen molar-refractivity contribution in [3.63, 3.8) is 0 Å². The number of fused-ring (bicyclic) bond motifs is 2. The van der Waals surface area contributed by atoms with Gasteiger partial charge in [-0.3, -0.25) is 24.6 Å². The average Bonchev–Trinajstić information content (AvgIpc) is 3.46. The fourth-order valence-corrected chi connectivity index (χ4v) is 10.3. The molecule has 3 atom stereocenters. The van der Waals surface area contributed by atoms with E-state index < -0.39 is 6.04 Å². The number of carbonyl (C=O) groups is 3. The van der Waals surface area contributed by atoms with Gasteiger partial charge in [0.1, 0.15) is 17.6 Å². The molecule has 0 radical (unpaired) electrons. The Kier molecular flexibility index (Phi) is 9.12. The van der Waals surface area contributed by atoms with Crippen molar-refractivity contribution < 1.29 is 23.9 Å². The molecule has 9 nitrogen and oxygen atoms in total. The third-order valence-corrected chi connectivity index (χ3v) is 13.4. The van der Waals surface area contributed by atoms with Gasteiger partial charge in [0, 0.05) is 75.9 Å². The Hall–Kier alpha value is -4.44. The van der Waals surface area contributed by atoms with Gasteiger partial charge in [-0.05, 0) is 115 Å². The molecule has 10 heteroatoms. The van der Waals surface area contributed by atoms with Gasteiger partial charge in [-0.1, -0.05) is 31.4 Å². The number of phenolic OH excluding ortho intramolecular Hbond substituents is 1. The Morgan fingerprint density at radius 3 is 2.32 bits per heavy atom. The van der Waals surface area contributed by atoms with Crippen molar-refractivity contribution in [2.45, 2.75) is 76.3 Å². The standard InChI is InChI=1S/C43H50FN5O4/c44-37-24-30(41-34(28-2-1-3-28)8-4-29-23-33(50)7-10-35(29)41)5-11-38(37)48-16-14-27(15-17-48)25-46-18-20-47(21-19-46)32-6-9-36-31(22-32)26-49(43(36)53)39-12-13-40(51)45-42(39)52/h5-7,9-11,22-24,27-28,34,39,41,50H,1-4,8,12-21,25-26H2,(H,45,51,52)/t34-,39?,41+/m0/s1. The molecule has 6 aliphatic rings. The summed E-state index contributed by atoms with van der Waals surface area (Å²) in [7, 11) is 0. The number of imide groups is 1. The van der Waals surface area contributed by atoms with Gasteiger partial charge in [0.15, 0.2) is 0 Å². The molecule has 278 valence electrons. The van der Waals surface area contributed by atoms with Crippen LogP contribution in [0.3, 0.4) is 0 Å². The second-order valence-electron chi connectivity index (χ2n) is 16.4. The quantitative estimate of drug-likeness (QED) is 0.297. The minimum atomic E-state index is -0.599. The first-order valence-corrected chi connectivity index (χ1v) is 19.9. The van der Waals surface area contributed by atoms with E-state index in [0.29, 0.717) is 42.0 Å². The van der Waals surface area contributed by atoms with Gasteiger partial charge < -0.3 is 19.8 Å². The molecule has 3 aromatic rings. The van der Waals surface area contributed by atoms with Crippen molar-refractivity contribution in [2.75, 3.05) is 55.6 Å². The van der Waals surface area contributed by atoms with Crippen molar-refractivity contribution in [1.29, 1.82) is 0 Å². The molecule has 0 bridgehead atoms. The molecule has 3 saturated heterocycles. The predicted octanol–water partition coefficient (Wildman–Crippen LogP) is 5.83. The van der Waals surface area contributed by atoms with Crippen molar-refractivity contribution in [3.05, 3.63) is 88.2 Å². The summed E-state index contributed by atoms with van der Waals surface area (Å²) in [6.45, 7) is 6.94. The molecular weight excluding hydrogens is 670 g/mol. The molecule has 9 rings (SSSR count). The lowest BCUT2D eigenvalue weighted by Crippen LogP contribution is -2.52. The van der Waals surface area contributed by atoms with E-state index in [2.05, 4.69) is 38.2 Å². The summed E-state index contributed by atoms with van der Waals surface area (Å²) >= 11 is 0. The molecule has 1 saturated carbocycles. The molecular formula is C43H50FN5O4. The number of piperazine rings is 1. The lowest BCUT2D eigenvalue weighted by atomic mass is 9.62. The third kappa shape index (κ3) is 6.57. The molecule has 0 spiro atoms. The van der Waals surface area contributed by atoms with Crippen LogP contribution in [0.15, 0.2) is 54.6 Å². The molecule has 4 aliphatic heterocycles. The first-order valence-electron chi connectivity index (χ1n) is 19.9. The normalized spacial score (nSPS) is 25.6. The fourth-order valence-electron chi connectivity index (χ4n) is 10.3. The van der Waals surface area contributed by atoms with Gasteiger partial charge in [0.2, 0.25) is 11.8 Å². The Bertz CT molecular complexity index is 1910. The number of halogens is 1. The summed E-state index contributed by atoms with van der Waals surface area (Å²) in [6.07, 6.45) is 8.64. The highest BCUT2D eigenvalue weighted by Gasteiger charge is 2.40. The zero-order valence-corrected chi connectivity index (χ0v) is 30.4. The van der Waals surface area contributed by atoms with Gasteiger partial charge in [-0.15, -0.1) is 0 Å². The van der Waals surface area contributed by atoms with Crippen LogP contribution >= 0.6 is 0 Å². The lowest BCUT2D eigenvalue weighted by molar-refractivity contribution is -0.136. The van der Waals surface area contributed by atoms with Crippen LogP contribution in [0.5, 0.6) is 5.75 Å². The van der Waals surface area contributed by atoms with Crippen LogP contribution in [0.2, 0.25) is 0 Å². The van der Waals surface area contributed by atoms with E-state index >= 15 is 4.39 Å². The molecule has 4 fully saturated rings. The summed E-state index contributed by atoms with van der Waals surface area (Å²) in [5.74, 6) is 1.41. The van der Waals surface area contributed by atoms with Crippen LogP contribution in [0.25, 0.3) is 0 Å². The van der Waals surface area contributed by atoms with Crippen LogP contribution in [0.4, 0.5) is 15.8 Å². The second kappa shape index (κ2) is 14.1. The maximum atomic E-state index is 16.0. The summed E-state index contributed by atoms with van der Waals surface area (Å²) in [5, 5.41) is 12.5. The Morgan fingerprint density at radius 2 is 1.58 bits per heavy atom. The topological polar surface area (TPSA) is 96.4 Å².